The lowest BCUT2D eigenvalue weighted by Crippen LogP contribution is -2.23. The van der Waals surface area contributed by atoms with Crippen LogP contribution in [-0.4, -0.2) is 65.7 Å². The van der Waals surface area contributed by atoms with E-state index >= 15 is 0 Å². The Morgan fingerprint density at radius 1 is 1.15 bits per heavy atom. The molecule has 7 nitrogen and oxygen atoms in total. The van der Waals surface area contributed by atoms with E-state index in [0.717, 1.165) is 50.6 Å². The number of ether oxygens (including phenoxy) is 2. The molecule has 1 aliphatic heterocycles. The van der Waals surface area contributed by atoms with Crippen molar-refractivity contribution in [2.75, 3.05) is 40.9 Å². The fourth-order valence-electron chi connectivity index (χ4n) is 3.11. The summed E-state index contributed by atoms with van der Waals surface area (Å²) in [6.07, 6.45) is 1.08. The maximum absolute atomic E-state index is 5.78. The van der Waals surface area contributed by atoms with Crippen molar-refractivity contribution in [1.82, 2.24) is 24.8 Å². The van der Waals surface area contributed by atoms with Gasteiger partial charge in [-0.25, -0.2) is 4.68 Å². The lowest BCUT2D eigenvalue weighted by atomic mass is 10.2. The molecule has 2 aromatic rings. The van der Waals surface area contributed by atoms with Gasteiger partial charge >= 0.3 is 0 Å². The second-order valence-corrected chi connectivity index (χ2v) is 6.97. The van der Waals surface area contributed by atoms with E-state index in [1.165, 1.54) is 11.3 Å². The first kappa shape index (κ1) is 18.8. The average molecular weight is 359 g/mol. The van der Waals surface area contributed by atoms with Crippen LogP contribution in [0.25, 0.3) is 0 Å². The molecule has 0 bridgehead atoms. The molecule has 2 heterocycles. The van der Waals surface area contributed by atoms with E-state index in [1.54, 1.807) is 7.11 Å². The largest absolute Gasteiger partial charge is 0.497 e. The molecule has 0 fully saturated rings. The molecule has 0 unspecified atom stereocenters. The zero-order chi connectivity index (χ0) is 18.4. The van der Waals surface area contributed by atoms with Crippen molar-refractivity contribution in [2.24, 2.45) is 0 Å². The Balaban J connectivity index is 1.61. The van der Waals surface area contributed by atoms with E-state index in [-0.39, 0.29) is 0 Å². The monoisotopic (exact) mass is 359 g/mol. The van der Waals surface area contributed by atoms with Crippen LogP contribution in [0, 0.1) is 0 Å². The number of likely N-dealkylation sites (N-methyl/N-ethyl adjacent to an activating group) is 1. The van der Waals surface area contributed by atoms with Gasteiger partial charge in [0.1, 0.15) is 11.4 Å². The minimum atomic E-state index is 0.527. The van der Waals surface area contributed by atoms with Crippen molar-refractivity contribution in [2.45, 2.75) is 32.7 Å². The summed E-state index contributed by atoms with van der Waals surface area (Å²) in [5.41, 5.74) is 3.43. The number of benzene rings is 1. The van der Waals surface area contributed by atoms with Gasteiger partial charge in [0, 0.05) is 32.7 Å². The molecule has 142 valence electrons. The highest BCUT2D eigenvalue weighted by Gasteiger charge is 2.20. The number of aromatic nitrogens is 3. The fourth-order valence-corrected chi connectivity index (χ4v) is 3.11. The van der Waals surface area contributed by atoms with Gasteiger partial charge in [-0.15, -0.1) is 5.10 Å². The fraction of sp³-hybridized carbons (Fsp3) is 0.579. The lowest BCUT2D eigenvalue weighted by molar-refractivity contribution is 0.102. The number of nitrogens with zero attached hydrogens (tertiary/aromatic N) is 5. The van der Waals surface area contributed by atoms with E-state index in [9.17, 15) is 0 Å². The van der Waals surface area contributed by atoms with Gasteiger partial charge in [0.2, 0.25) is 0 Å². The SMILES string of the molecule is COc1ccc(CN2CCCn3nnc(COCCN(C)C)c3C2)cc1. The molecule has 7 heteroatoms. The molecule has 0 N–H and O–H groups in total. The summed E-state index contributed by atoms with van der Waals surface area (Å²) in [6.45, 7) is 5.87. The van der Waals surface area contributed by atoms with Crippen molar-refractivity contribution < 1.29 is 9.47 Å². The van der Waals surface area contributed by atoms with E-state index < -0.39 is 0 Å². The Morgan fingerprint density at radius 3 is 2.69 bits per heavy atom. The molecule has 0 saturated carbocycles. The van der Waals surface area contributed by atoms with Crippen molar-refractivity contribution in [3.8, 4) is 5.75 Å². The molecule has 0 saturated heterocycles. The first-order chi connectivity index (χ1) is 12.7. The van der Waals surface area contributed by atoms with Crippen LogP contribution in [0.3, 0.4) is 0 Å². The van der Waals surface area contributed by atoms with Crippen LogP contribution >= 0.6 is 0 Å². The molecule has 0 atom stereocenters. The van der Waals surface area contributed by atoms with Gasteiger partial charge in [-0.05, 0) is 38.2 Å². The predicted molar refractivity (Wildman–Crippen MR) is 100.0 cm³/mol. The number of rotatable bonds is 8. The molecule has 3 rings (SSSR count). The molecular weight excluding hydrogens is 330 g/mol. The topological polar surface area (TPSA) is 55.6 Å². The third-order valence-electron chi connectivity index (χ3n) is 4.62. The Bertz CT molecular complexity index is 684. The Kier molecular flexibility index (Phi) is 6.60. The van der Waals surface area contributed by atoms with Gasteiger partial charge in [-0.3, -0.25) is 4.90 Å². The predicted octanol–water partition coefficient (Wildman–Crippen LogP) is 1.77. The molecule has 26 heavy (non-hydrogen) atoms. The van der Waals surface area contributed by atoms with E-state index in [2.05, 4.69) is 32.2 Å². The lowest BCUT2D eigenvalue weighted by Gasteiger charge is -2.20. The summed E-state index contributed by atoms with van der Waals surface area (Å²) in [6, 6.07) is 8.29. The van der Waals surface area contributed by atoms with Crippen LogP contribution in [-0.2, 0) is 31.0 Å². The van der Waals surface area contributed by atoms with Gasteiger partial charge in [0.15, 0.2) is 0 Å². The van der Waals surface area contributed by atoms with Crippen LogP contribution in [0.15, 0.2) is 24.3 Å². The highest BCUT2D eigenvalue weighted by Crippen LogP contribution is 2.19. The van der Waals surface area contributed by atoms with Crippen molar-refractivity contribution in [3.63, 3.8) is 0 Å². The number of methoxy groups -OCH3 is 1. The summed E-state index contributed by atoms with van der Waals surface area (Å²) in [4.78, 5) is 4.57. The highest BCUT2D eigenvalue weighted by molar-refractivity contribution is 5.27. The standard InChI is InChI=1S/C19H29N5O2/c1-22(2)11-12-26-15-18-19-14-23(9-4-10-24(19)21-20-18)13-16-5-7-17(25-3)8-6-16/h5-8H,4,9-15H2,1-3H3. The Morgan fingerprint density at radius 2 is 1.96 bits per heavy atom. The summed E-state index contributed by atoms with van der Waals surface area (Å²) in [5, 5.41) is 8.68. The van der Waals surface area contributed by atoms with Gasteiger partial charge in [0.25, 0.3) is 0 Å². The number of hydrogen-bond acceptors (Lipinski definition) is 6. The minimum Gasteiger partial charge on any atom is -0.497 e. The van der Waals surface area contributed by atoms with Gasteiger partial charge < -0.3 is 14.4 Å². The van der Waals surface area contributed by atoms with Crippen LogP contribution < -0.4 is 4.74 Å². The zero-order valence-electron chi connectivity index (χ0n) is 16.0. The highest BCUT2D eigenvalue weighted by atomic mass is 16.5. The van der Waals surface area contributed by atoms with E-state index in [0.29, 0.717) is 13.2 Å². The third-order valence-corrected chi connectivity index (χ3v) is 4.62. The van der Waals surface area contributed by atoms with Crippen molar-refractivity contribution in [3.05, 3.63) is 41.2 Å². The second-order valence-electron chi connectivity index (χ2n) is 6.97. The summed E-state index contributed by atoms with van der Waals surface area (Å²) in [5.74, 6) is 0.893. The quantitative estimate of drug-likeness (QED) is 0.670. The van der Waals surface area contributed by atoms with Crippen LogP contribution in [0.5, 0.6) is 5.75 Å². The van der Waals surface area contributed by atoms with Crippen molar-refractivity contribution in [1.29, 1.82) is 0 Å². The van der Waals surface area contributed by atoms with Gasteiger partial charge in [-0.1, -0.05) is 17.3 Å². The number of fused-ring (bicyclic) bond motifs is 1. The smallest absolute Gasteiger partial charge is 0.118 e. The number of hydrogen-bond donors (Lipinski definition) is 0. The van der Waals surface area contributed by atoms with Crippen LogP contribution in [0.1, 0.15) is 23.4 Å². The molecule has 1 aromatic carbocycles. The molecule has 1 aromatic heterocycles. The number of aryl methyl sites for hydroxylation is 1. The Hall–Kier alpha value is -1.96. The molecule has 0 radical (unpaired) electrons. The summed E-state index contributed by atoms with van der Waals surface area (Å²) in [7, 11) is 5.79. The van der Waals surface area contributed by atoms with E-state index in [1.807, 2.05) is 30.9 Å². The van der Waals surface area contributed by atoms with Crippen LogP contribution in [0.2, 0.25) is 0 Å². The maximum atomic E-state index is 5.78. The third kappa shape index (κ3) is 5.03. The maximum Gasteiger partial charge on any atom is 0.118 e. The normalized spacial score (nSPS) is 15.1. The molecule has 0 spiro atoms. The second kappa shape index (κ2) is 9.12. The summed E-state index contributed by atoms with van der Waals surface area (Å²) >= 11 is 0. The first-order valence-electron chi connectivity index (χ1n) is 9.14. The zero-order valence-corrected chi connectivity index (χ0v) is 16.0. The first-order valence-corrected chi connectivity index (χ1v) is 9.14. The summed E-state index contributed by atoms with van der Waals surface area (Å²) < 4.78 is 13.1. The molecule has 0 aliphatic carbocycles. The van der Waals surface area contributed by atoms with Gasteiger partial charge in [-0.2, -0.15) is 0 Å². The Labute approximate surface area is 155 Å². The average Bonchev–Trinajstić information content (AvgIpc) is 2.89. The molecule has 0 amide bonds. The minimum absolute atomic E-state index is 0.527. The van der Waals surface area contributed by atoms with Gasteiger partial charge in [0.05, 0.1) is 26.0 Å². The molecule has 1 aliphatic rings. The molecular formula is C19H29N5O2. The van der Waals surface area contributed by atoms with Crippen molar-refractivity contribution >= 4 is 0 Å². The van der Waals surface area contributed by atoms with Crippen LogP contribution in [0.4, 0.5) is 0 Å². The van der Waals surface area contributed by atoms with E-state index in [4.69, 9.17) is 9.47 Å².